The number of hydrogen-bond donors (Lipinski definition) is 1. The largest absolute Gasteiger partial charge is 0.497 e. The number of aryl methyl sites for hydroxylation is 1. The Balaban J connectivity index is 2.09. The van der Waals surface area contributed by atoms with Crippen LogP contribution in [0.25, 0.3) is 0 Å². The molecule has 0 fully saturated rings. The maximum absolute atomic E-state index is 14.1. The van der Waals surface area contributed by atoms with Crippen LogP contribution in [-0.2, 0) is 26.2 Å². The number of anilines is 1. The van der Waals surface area contributed by atoms with E-state index >= 15 is 0 Å². The summed E-state index contributed by atoms with van der Waals surface area (Å²) in [4.78, 5) is 28.5. The molecule has 0 heterocycles. The number of carbonyl (C=O) groups excluding carboxylic acids is 2. The summed E-state index contributed by atoms with van der Waals surface area (Å²) in [5.41, 5.74) is 2.09. The lowest BCUT2D eigenvalue weighted by Crippen LogP contribution is -2.52. The normalized spacial score (nSPS) is 11.8. The lowest BCUT2D eigenvalue weighted by molar-refractivity contribution is -0.140. The summed E-state index contributed by atoms with van der Waals surface area (Å²) in [6.45, 7) is 5.59. The molecule has 1 atom stereocenters. The van der Waals surface area contributed by atoms with E-state index < -0.39 is 28.5 Å². The average Bonchev–Trinajstić information content (AvgIpc) is 2.96. The molecule has 9 nitrogen and oxygen atoms in total. The zero-order valence-electron chi connectivity index (χ0n) is 23.6. The van der Waals surface area contributed by atoms with Gasteiger partial charge in [-0.2, -0.15) is 0 Å². The number of carbonyl (C=O) groups is 2. The lowest BCUT2D eigenvalue weighted by Gasteiger charge is -2.33. The van der Waals surface area contributed by atoms with Crippen molar-refractivity contribution in [1.29, 1.82) is 0 Å². The van der Waals surface area contributed by atoms with Gasteiger partial charge in [-0.3, -0.25) is 13.9 Å². The first-order valence-corrected chi connectivity index (χ1v) is 14.5. The van der Waals surface area contributed by atoms with E-state index in [-0.39, 0.29) is 28.8 Å². The zero-order chi connectivity index (χ0) is 29.3. The SMILES string of the molecule is CCNC(=O)[C@H](CC)N(Cc1ccc(C)cc1)C(=O)CN(c1ccccc1OC)S(=O)(=O)c1ccc(OC)cc1. The van der Waals surface area contributed by atoms with E-state index in [0.29, 0.717) is 18.7 Å². The molecular weight excluding hydrogens is 530 g/mol. The minimum atomic E-state index is -4.23. The van der Waals surface area contributed by atoms with E-state index in [9.17, 15) is 18.0 Å². The number of benzene rings is 3. The Morgan fingerprint density at radius 1 is 0.900 bits per heavy atom. The molecule has 0 radical (unpaired) electrons. The van der Waals surface area contributed by atoms with Crippen LogP contribution in [0.3, 0.4) is 0 Å². The zero-order valence-corrected chi connectivity index (χ0v) is 24.4. The van der Waals surface area contributed by atoms with Crippen LogP contribution >= 0.6 is 0 Å². The first-order valence-electron chi connectivity index (χ1n) is 13.1. The lowest BCUT2D eigenvalue weighted by atomic mass is 10.1. The van der Waals surface area contributed by atoms with Crippen molar-refractivity contribution < 1.29 is 27.5 Å². The summed E-state index contributed by atoms with van der Waals surface area (Å²) in [5.74, 6) is -0.0434. The number of methoxy groups -OCH3 is 2. The molecule has 0 bridgehead atoms. The molecule has 3 rings (SSSR count). The van der Waals surface area contributed by atoms with Gasteiger partial charge >= 0.3 is 0 Å². The van der Waals surface area contributed by atoms with E-state index in [2.05, 4.69) is 5.32 Å². The van der Waals surface area contributed by atoms with Gasteiger partial charge < -0.3 is 19.7 Å². The maximum Gasteiger partial charge on any atom is 0.264 e. The molecule has 40 heavy (non-hydrogen) atoms. The molecule has 10 heteroatoms. The van der Waals surface area contributed by atoms with Crippen molar-refractivity contribution in [3.63, 3.8) is 0 Å². The summed E-state index contributed by atoms with van der Waals surface area (Å²) >= 11 is 0. The van der Waals surface area contributed by atoms with Gasteiger partial charge in [-0.25, -0.2) is 8.42 Å². The van der Waals surface area contributed by atoms with Gasteiger partial charge in [-0.15, -0.1) is 0 Å². The summed E-state index contributed by atoms with van der Waals surface area (Å²) in [5, 5.41) is 2.80. The minimum Gasteiger partial charge on any atom is -0.497 e. The molecule has 2 amide bonds. The van der Waals surface area contributed by atoms with E-state index in [1.54, 1.807) is 36.4 Å². The van der Waals surface area contributed by atoms with Crippen molar-refractivity contribution in [3.05, 3.63) is 83.9 Å². The van der Waals surface area contributed by atoms with Crippen LogP contribution in [-0.4, -0.2) is 58.5 Å². The smallest absolute Gasteiger partial charge is 0.264 e. The molecule has 0 aliphatic heterocycles. The van der Waals surface area contributed by atoms with Crippen molar-refractivity contribution in [3.8, 4) is 11.5 Å². The van der Waals surface area contributed by atoms with Crippen molar-refractivity contribution in [2.24, 2.45) is 0 Å². The second-order valence-corrected chi connectivity index (χ2v) is 11.0. The van der Waals surface area contributed by atoms with Gasteiger partial charge in [0.05, 0.1) is 24.8 Å². The number of rotatable bonds is 13. The molecule has 214 valence electrons. The summed E-state index contributed by atoms with van der Waals surface area (Å²) in [6.07, 6.45) is 0.351. The molecule has 0 saturated carbocycles. The van der Waals surface area contributed by atoms with Crippen LogP contribution in [0.4, 0.5) is 5.69 Å². The van der Waals surface area contributed by atoms with Crippen molar-refractivity contribution in [2.45, 2.75) is 44.7 Å². The Hall–Kier alpha value is -4.05. The first-order chi connectivity index (χ1) is 19.2. The van der Waals surface area contributed by atoms with E-state index in [0.717, 1.165) is 15.4 Å². The highest BCUT2D eigenvalue weighted by atomic mass is 32.2. The molecule has 0 spiro atoms. The number of ether oxygens (including phenoxy) is 2. The van der Waals surface area contributed by atoms with Crippen molar-refractivity contribution >= 4 is 27.5 Å². The Morgan fingerprint density at radius 3 is 2.12 bits per heavy atom. The number of likely N-dealkylation sites (N-methyl/N-ethyl adjacent to an activating group) is 1. The molecule has 0 aliphatic rings. The molecule has 1 N–H and O–H groups in total. The highest BCUT2D eigenvalue weighted by Gasteiger charge is 2.34. The number of amides is 2. The molecule has 0 aromatic heterocycles. The Bertz CT molecular complexity index is 1390. The van der Waals surface area contributed by atoms with Crippen LogP contribution in [0, 0.1) is 6.92 Å². The van der Waals surface area contributed by atoms with E-state index in [4.69, 9.17) is 9.47 Å². The molecule has 0 unspecified atom stereocenters. The van der Waals surface area contributed by atoms with Crippen molar-refractivity contribution in [1.82, 2.24) is 10.2 Å². The monoisotopic (exact) mass is 567 g/mol. The minimum absolute atomic E-state index is 0.0205. The first kappa shape index (κ1) is 30.5. The summed E-state index contributed by atoms with van der Waals surface area (Å²) < 4.78 is 39.7. The number of nitrogens with one attached hydrogen (secondary N) is 1. The third-order valence-corrected chi connectivity index (χ3v) is 8.26. The Labute approximate surface area is 236 Å². The van der Waals surface area contributed by atoms with Gasteiger partial charge in [-0.05, 0) is 62.2 Å². The quantitative estimate of drug-likeness (QED) is 0.333. The predicted molar refractivity (Wildman–Crippen MR) is 155 cm³/mol. The Kier molecular flexibility index (Phi) is 10.6. The maximum atomic E-state index is 14.1. The number of sulfonamides is 1. The van der Waals surface area contributed by atoms with Gasteiger partial charge in [0.1, 0.15) is 24.1 Å². The summed E-state index contributed by atoms with van der Waals surface area (Å²) in [7, 11) is -1.31. The van der Waals surface area contributed by atoms with Gasteiger partial charge in [0.2, 0.25) is 11.8 Å². The van der Waals surface area contributed by atoms with Crippen LogP contribution < -0.4 is 19.1 Å². The van der Waals surface area contributed by atoms with Crippen LogP contribution in [0.15, 0.2) is 77.7 Å². The third-order valence-electron chi connectivity index (χ3n) is 6.49. The number of hydrogen-bond acceptors (Lipinski definition) is 6. The van der Waals surface area contributed by atoms with Gasteiger partial charge in [0.15, 0.2) is 0 Å². The third kappa shape index (κ3) is 7.12. The fraction of sp³-hybridized carbons (Fsp3) is 0.333. The highest BCUT2D eigenvalue weighted by molar-refractivity contribution is 7.92. The standard InChI is InChI=1S/C30H37N3O6S/c1-6-26(30(35)31-7-2)32(20-23-14-12-22(3)13-15-23)29(34)21-33(27-10-8-9-11-28(27)39-5)40(36,37)25-18-16-24(38-4)17-19-25/h8-19,26H,6-7,20-21H2,1-5H3,(H,31,35)/t26-/m0/s1. The molecule has 3 aromatic rings. The molecule has 0 aliphatic carbocycles. The van der Waals surface area contributed by atoms with Crippen LogP contribution in [0.1, 0.15) is 31.4 Å². The average molecular weight is 568 g/mol. The summed E-state index contributed by atoms with van der Waals surface area (Å²) in [6, 6.07) is 19.4. The van der Waals surface area contributed by atoms with Crippen LogP contribution in [0.2, 0.25) is 0 Å². The number of nitrogens with zero attached hydrogens (tertiary/aromatic N) is 2. The second kappa shape index (κ2) is 13.8. The van der Waals surface area contributed by atoms with Gasteiger partial charge in [-0.1, -0.05) is 48.9 Å². The fourth-order valence-corrected chi connectivity index (χ4v) is 5.75. The topological polar surface area (TPSA) is 105 Å². The van der Waals surface area contributed by atoms with E-state index in [1.807, 2.05) is 45.0 Å². The predicted octanol–water partition coefficient (Wildman–Crippen LogP) is 4.15. The molecular formula is C30H37N3O6S. The Morgan fingerprint density at radius 2 is 1.55 bits per heavy atom. The second-order valence-electron chi connectivity index (χ2n) is 9.18. The fourth-order valence-electron chi connectivity index (χ4n) is 4.33. The van der Waals surface area contributed by atoms with Gasteiger partial charge in [0, 0.05) is 13.1 Å². The highest BCUT2D eigenvalue weighted by Crippen LogP contribution is 2.33. The van der Waals surface area contributed by atoms with Crippen LogP contribution in [0.5, 0.6) is 11.5 Å². The number of para-hydroxylation sites is 2. The van der Waals surface area contributed by atoms with Crippen molar-refractivity contribution in [2.75, 3.05) is 31.6 Å². The molecule has 3 aromatic carbocycles. The molecule has 0 saturated heterocycles. The van der Waals surface area contributed by atoms with E-state index in [1.165, 1.54) is 31.3 Å². The van der Waals surface area contributed by atoms with Gasteiger partial charge in [0.25, 0.3) is 10.0 Å².